The van der Waals surface area contributed by atoms with Crippen LogP contribution in [-0.2, 0) is 4.79 Å². The van der Waals surface area contributed by atoms with Gasteiger partial charge in [-0.3, -0.25) is 4.79 Å². The molecule has 0 bridgehead atoms. The molecule has 0 spiro atoms. The second-order valence-corrected chi connectivity index (χ2v) is 9.76. The van der Waals surface area contributed by atoms with E-state index in [2.05, 4.69) is 11.4 Å². The van der Waals surface area contributed by atoms with Gasteiger partial charge in [0.25, 0.3) is 0 Å². The molecule has 0 saturated carbocycles. The predicted octanol–water partition coefficient (Wildman–Crippen LogP) is 7.99. The lowest BCUT2D eigenvalue weighted by Crippen LogP contribution is -2.14. The Morgan fingerprint density at radius 3 is 2.31 bits per heavy atom. The van der Waals surface area contributed by atoms with Crippen LogP contribution in [0.25, 0.3) is 22.4 Å². The molecule has 4 aromatic rings. The molecular formula is C27H18Cl3N3O2S. The second kappa shape index (κ2) is 11.7. The number of hydrogen-bond donors (Lipinski definition) is 1. The Morgan fingerprint density at radius 1 is 0.972 bits per heavy atom. The first-order valence-corrected chi connectivity index (χ1v) is 12.7. The van der Waals surface area contributed by atoms with E-state index < -0.39 is 0 Å². The Labute approximate surface area is 228 Å². The number of nitriles is 1. The molecule has 3 aromatic carbocycles. The summed E-state index contributed by atoms with van der Waals surface area (Å²) in [5.74, 6) is 0.486. The maximum absolute atomic E-state index is 12.7. The number of carbonyl (C=O) groups excluding carboxylic acids is 1. The molecule has 36 heavy (non-hydrogen) atoms. The first kappa shape index (κ1) is 25.9. The minimum Gasteiger partial charge on any atom is -0.497 e. The molecule has 0 unspecified atom stereocenters. The van der Waals surface area contributed by atoms with Crippen molar-refractivity contribution in [3.8, 4) is 34.2 Å². The molecule has 0 saturated heterocycles. The van der Waals surface area contributed by atoms with Crippen LogP contribution in [0.4, 0.5) is 5.69 Å². The highest BCUT2D eigenvalue weighted by atomic mass is 35.5. The number of carbonyl (C=O) groups is 1. The van der Waals surface area contributed by atoms with Crippen molar-refractivity contribution in [2.75, 3.05) is 18.2 Å². The lowest BCUT2D eigenvalue weighted by molar-refractivity contribution is -0.113. The van der Waals surface area contributed by atoms with Crippen molar-refractivity contribution in [1.29, 1.82) is 5.26 Å². The maximum atomic E-state index is 12.7. The molecule has 0 aliphatic rings. The van der Waals surface area contributed by atoms with Crippen LogP contribution in [-0.4, -0.2) is 23.8 Å². The van der Waals surface area contributed by atoms with Gasteiger partial charge in [-0.1, -0.05) is 58.7 Å². The average molecular weight is 555 g/mol. The number of amides is 1. The summed E-state index contributed by atoms with van der Waals surface area (Å²) < 4.78 is 5.26. The number of ether oxygens (including phenoxy) is 1. The van der Waals surface area contributed by atoms with Crippen LogP contribution in [0.1, 0.15) is 5.56 Å². The minimum atomic E-state index is -0.271. The Balaban J connectivity index is 1.68. The zero-order valence-corrected chi connectivity index (χ0v) is 22.0. The number of benzene rings is 3. The third kappa shape index (κ3) is 6.13. The van der Waals surface area contributed by atoms with Crippen molar-refractivity contribution < 1.29 is 9.53 Å². The number of halogens is 3. The molecule has 180 valence electrons. The van der Waals surface area contributed by atoms with Crippen molar-refractivity contribution in [3.05, 3.63) is 93.4 Å². The van der Waals surface area contributed by atoms with Gasteiger partial charge in [0.2, 0.25) is 5.91 Å². The second-order valence-electron chi connectivity index (χ2n) is 7.55. The summed E-state index contributed by atoms with van der Waals surface area (Å²) in [7, 11) is 1.60. The van der Waals surface area contributed by atoms with Gasteiger partial charge in [-0.2, -0.15) is 5.26 Å². The molecule has 9 heteroatoms. The van der Waals surface area contributed by atoms with E-state index >= 15 is 0 Å². The van der Waals surface area contributed by atoms with E-state index in [1.54, 1.807) is 37.4 Å². The highest BCUT2D eigenvalue weighted by Gasteiger charge is 2.17. The highest BCUT2D eigenvalue weighted by Crippen LogP contribution is 2.35. The molecular weight excluding hydrogens is 537 g/mol. The van der Waals surface area contributed by atoms with Gasteiger partial charge in [0.1, 0.15) is 16.8 Å². The van der Waals surface area contributed by atoms with E-state index in [1.807, 2.05) is 42.5 Å². The molecule has 5 nitrogen and oxygen atoms in total. The quantitative estimate of drug-likeness (QED) is 0.234. The van der Waals surface area contributed by atoms with Gasteiger partial charge in [0.15, 0.2) is 0 Å². The number of aromatic nitrogens is 1. The first-order chi connectivity index (χ1) is 17.4. The van der Waals surface area contributed by atoms with E-state index in [4.69, 9.17) is 44.5 Å². The van der Waals surface area contributed by atoms with Gasteiger partial charge in [-0.05, 0) is 66.2 Å². The van der Waals surface area contributed by atoms with Crippen molar-refractivity contribution in [2.45, 2.75) is 5.03 Å². The Bertz CT molecular complexity index is 1450. The van der Waals surface area contributed by atoms with Gasteiger partial charge in [-0.25, -0.2) is 4.98 Å². The summed E-state index contributed by atoms with van der Waals surface area (Å²) in [6.07, 6.45) is 0. The number of hydrogen-bond acceptors (Lipinski definition) is 5. The predicted molar refractivity (Wildman–Crippen MR) is 147 cm³/mol. The molecule has 0 aliphatic heterocycles. The Hall–Kier alpha value is -3.21. The van der Waals surface area contributed by atoms with Gasteiger partial charge in [0, 0.05) is 21.8 Å². The summed E-state index contributed by atoms with van der Waals surface area (Å²) >= 11 is 19.2. The largest absolute Gasteiger partial charge is 0.497 e. The summed E-state index contributed by atoms with van der Waals surface area (Å²) in [6, 6.07) is 23.7. The SMILES string of the molecule is COc1ccc(-c2cc(-c3ccc(Cl)cc3)c(C#N)c(SCC(=O)Nc3ccc(Cl)c(Cl)c3)n2)cc1. The Kier molecular flexibility index (Phi) is 8.40. The number of anilines is 1. The molecule has 4 rings (SSSR count). The van der Waals surface area contributed by atoms with E-state index in [0.717, 1.165) is 16.9 Å². The van der Waals surface area contributed by atoms with Gasteiger partial charge >= 0.3 is 0 Å². The number of rotatable bonds is 7. The van der Waals surface area contributed by atoms with E-state index in [0.29, 0.717) is 42.6 Å². The summed E-state index contributed by atoms with van der Waals surface area (Å²) in [4.78, 5) is 17.4. The fraction of sp³-hybridized carbons (Fsp3) is 0.0741. The van der Waals surface area contributed by atoms with Crippen LogP contribution in [0.15, 0.2) is 77.8 Å². The fourth-order valence-electron chi connectivity index (χ4n) is 3.41. The van der Waals surface area contributed by atoms with Crippen LogP contribution in [0.2, 0.25) is 15.1 Å². The normalized spacial score (nSPS) is 10.5. The lowest BCUT2D eigenvalue weighted by atomic mass is 9.99. The van der Waals surface area contributed by atoms with E-state index in [9.17, 15) is 10.1 Å². The van der Waals surface area contributed by atoms with Gasteiger partial charge in [-0.15, -0.1) is 0 Å². The average Bonchev–Trinajstić information content (AvgIpc) is 2.89. The molecule has 0 aliphatic carbocycles. The zero-order chi connectivity index (χ0) is 25.7. The number of nitrogens with one attached hydrogen (secondary N) is 1. The summed E-state index contributed by atoms with van der Waals surface area (Å²) in [6.45, 7) is 0. The van der Waals surface area contributed by atoms with E-state index in [-0.39, 0.29) is 11.7 Å². The van der Waals surface area contributed by atoms with E-state index in [1.165, 1.54) is 11.8 Å². The van der Waals surface area contributed by atoms with Gasteiger partial charge < -0.3 is 10.1 Å². The number of methoxy groups -OCH3 is 1. The van der Waals surface area contributed by atoms with Crippen molar-refractivity contribution >= 4 is 58.2 Å². The summed E-state index contributed by atoms with van der Waals surface area (Å²) in [5, 5.41) is 14.6. The standard InChI is InChI=1S/C27H18Cl3N3O2S/c1-35-20-9-4-17(5-10-20)25-13-21(16-2-6-18(28)7-3-16)22(14-31)27(33-25)36-15-26(34)32-19-8-11-23(29)24(30)12-19/h2-13H,15H2,1H3,(H,32,34). The number of thioether (sulfide) groups is 1. The molecule has 1 amide bonds. The van der Waals surface area contributed by atoms with Crippen LogP contribution in [0.3, 0.4) is 0 Å². The molecule has 0 fully saturated rings. The van der Waals surface area contributed by atoms with Crippen molar-refractivity contribution in [3.63, 3.8) is 0 Å². The number of pyridine rings is 1. The Morgan fingerprint density at radius 2 is 1.67 bits per heavy atom. The van der Waals surface area contributed by atoms with Crippen molar-refractivity contribution in [1.82, 2.24) is 4.98 Å². The van der Waals surface area contributed by atoms with Crippen molar-refractivity contribution in [2.24, 2.45) is 0 Å². The molecule has 1 aromatic heterocycles. The van der Waals surface area contributed by atoms with Crippen LogP contribution >= 0.6 is 46.6 Å². The van der Waals surface area contributed by atoms with Crippen LogP contribution in [0, 0.1) is 11.3 Å². The molecule has 1 N–H and O–H groups in total. The molecule has 1 heterocycles. The third-order valence-corrected chi connectivity index (χ3v) is 7.15. The zero-order valence-electron chi connectivity index (χ0n) is 18.9. The molecule has 0 radical (unpaired) electrons. The minimum absolute atomic E-state index is 0.0358. The van der Waals surface area contributed by atoms with Gasteiger partial charge in [0.05, 0.1) is 34.2 Å². The van der Waals surface area contributed by atoms with Crippen LogP contribution in [0.5, 0.6) is 5.75 Å². The lowest BCUT2D eigenvalue weighted by Gasteiger charge is -2.13. The smallest absolute Gasteiger partial charge is 0.234 e. The number of nitrogens with zero attached hydrogens (tertiary/aromatic N) is 2. The summed E-state index contributed by atoms with van der Waals surface area (Å²) in [5.41, 5.74) is 3.92. The monoisotopic (exact) mass is 553 g/mol. The molecule has 0 atom stereocenters. The first-order valence-electron chi connectivity index (χ1n) is 10.6. The third-order valence-electron chi connectivity index (χ3n) is 5.18. The topological polar surface area (TPSA) is 75.0 Å². The fourth-order valence-corrected chi connectivity index (χ4v) is 4.63. The highest BCUT2D eigenvalue weighted by molar-refractivity contribution is 8.00. The van der Waals surface area contributed by atoms with Crippen LogP contribution < -0.4 is 10.1 Å². The maximum Gasteiger partial charge on any atom is 0.234 e.